The monoisotopic (exact) mass is 283 g/mol. The zero-order valence-electron chi connectivity index (χ0n) is 11.8. The van der Waals surface area contributed by atoms with E-state index >= 15 is 0 Å². The molecule has 2 aromatic heterocycles. The summed E-state index contributed by atoms with van der Waals surface area (Å²) in [7, 11) is 0. The lowest BCUT2D eigenvalue weighted by Crippen LogP contribution is -2.16. The van der Waals surface area contributed by atoms with Crippen molar-refractivity contribution in [3.05, 3.63) is 49.0 Å². The molecule has 0 radical (unpaired) electrons. The fourth-order valence-corrected chi connectivity index (χ4v) is 2.18. The van der Waals surface area contributed by atoms with E-state index < -0.39 is 6.10 Å². The molecule has 1 N–H and O–H groups in total. The van der Waals surface area contributed by atoms with Crippen LogP contribution in [0.15, 0.2) is 53.4 Å². The van der Waals surface area contributed by atoms with Crippen molar-refractivity contribution in [3.63, 3.8) is 0 Å². The molecule has 0 fully saturated rings. The number of rotatable bonds is 5. The van der Waals surface area contributed by atoms with E-state index in [0.29, 0.717) is 13.0 Å². The Morgan fingerprint density at radius 3 is 2.62 bits per heavy atom. The van der Waals surface area contributed by atoms with Crippen LogP contribution in [0.4, 0.5) is 0 Å². The van der Waals surface area contributed by atoms with E-state index in [1.54, 1.807) is 10.9 Å². The van der Waals surface area contributed by atoms with Crippen LogP contribution in [0, 0.1) is 0 Å². The minimum Gasteiger partial charge on any atom is -0.464 e. The Kier molecular flexibility index (Phi) is 3.83. The number of benzene rings is 1. The van der Waals surface area contributed by atoms with Crippen molar-refractivity contribution < 1.29 is 9.52 Å². The van der Waals surface area contributed by atoms with Gasteiger partial charge in [-0.2, -0.15) is 5.10 Å². The molecule has 3 aromatic rings. The second-order valence-electron chi connectivity index (χ2n) is 4.88. The van der Waals surface area contributed by atoms with Gasteiger partial charge in [-0.1, -0.05) is 31.2 Å². The van der Waals surface area contributed by atoms with Crippen molar-refractivity contribution in [2.45, 2.75) is 26.0 Å². The predicted molar refractivity (Wildman–Crippen MR) is 79.5 cm³/mol. The van der Waals surface area contributed by atoms with Crippen LogP contribution < -0.4 is 0 Å². The molecule has 2 heterocycles. The molecule has 1 aromatic carbocycles. The van der Waals surface area contributed by atoms with Gasteiger partial charge in [-0.15, -0.1) is 0 Å². The Bertz CT molecular complexity index is 687. The van der Waals surface area contributed by atoms with Crippen molar-refractivity contribution in [1.82, 2.24) is 14.8 Å². The molecule has 1 atom stereocenters. The van der Waals surface area contributed by atoms with Gasteiger partial charge in [0.25, 0.3) is 0 Å². The minimum absolute atomic E-state index is 0.409. The van der Waals surface area contributed by atoms with E-state index in [1.807, 2.05) is 43.3 Å². The molecule has 0 spiro atoms. The van der Waals surface area contributed by atoms with Crippen LogP contribution in [-0.2, 0) is 6.54 Å². The quantitative estimate of drug-likeness (QED) is 0.782. The number of aliphatic hydroxyl groups is 1. The van der Waals surface area contributed by atoms with Crippen molar-refractivity contribution in [2.24, 2.45) is 0 Å². The maximum Gasteiger partial charge on any atom is 0.158 e. The van der Waals surface area contributed by atoms with Gasteiger partial charge in [0.1, 0.15) is 12.1 Å². The average Bonchev–Trinajstić information content (AvgIpc) is 3.19. The molecule has 5 nitrogen and oxygen atoms in total. The van der Waals surface area contributed by atoms with E-state index in [1.165, 1.54) is 6.33 Å². The van der Waals surface area contributed by atoms with Crippen LogP contribution in [-0.4, -0.2) is 26.0 Å². The second-order valence-corrected chi connectivity index (χ2v) is 4.88. The van der Waals surface area contributed by atoms with Gasteiger partial charge in [0.15, 0.2) is 5.82 Å². The Hall–Kier alpha value is -2.40. The molecular weight excluding hydrogens is 266 g/mol. The van der Waals surface area contributed by atoms with Crippen molar-refractivity contribution in [1.29, 1.82) is 0 Å². The van der Waals surface area contributed by atoms with Crippen LogP contribution in [0.1, 0.15) is 13.3 Å². The summed E-state index contributed by atoms with van der Waals surface area (Å²) in [5, 5.41) is 13.9. The van der Waals surface area contributed by atoms with Crippen LogP contribution in [0.3, 0.4) is 0 Å². The molecule has 5 heteroatoms. The lowest BCUT2D eigenvalue weighted by molar-refractivity contribution is 0.146. The maximum atomic E-state index is 9.77. The Balaban J connectivity index is 1.86. The molecule has 0 aliphatic heterocycles. The first-order valence-electron chi connectivity index (χ1n) is 6.98. The maximum absolute atomic E-state index is 9.77. The van der Waals surface area contributed by atoms with Gasteiger partial charge < -0.3 is 9.52 Å². The van der Waals surface area contributed by atoms with Gasteiger partial charge in [0.05, 0.1) is 18.9 Å². The highest BCUT2D eigenvalue weighted by molar-refractivity contribution is 5.64. The summed E-state index contributed by atoms with van der Waals surface area (Å²) in [5.74, 6) is 1.60. The van der Waals surface area contributed by atoms with Crippen molar-refractivity contribution >= 4 is 0 Å². The van der Waals surface area contributed by atoms with E-state index in [4.69, 9.17) is 4.42 Å². The highest BCUT2D eigenvalue weighted by Crippen LogP contribution is 2.24. The second kappa shape index (κ2) is 5.93. The third-order valence-corrected chi connectivity index (χ3v) is 3.42. The molecule has 1 unspecified atom stereocenters. The standard InChI is InChI=1S/C16H17N3O2/c1-2-14(20)10-19-16(17-11-18-19)13-7-5-12(6-8-13)15-4-3-9-21-15/h3-9,11,14,20H,2,10H2,1H3. The van der Waals surface area contributed by atoms with Gasteiger partial charge in [-0.25, -0.2) is 9.67 Å². The SMILES string of the molecule is CCC(O)Cn1ncnc1-c1ccc(-c2ccco2)cc1. The predicted octanol–water partition coefficient (Wildman–Crippen LogP) is 2.98. The molecular formula is C16H17N3O2. The van der Waals surface area contributed by atoms with E-state index in [2.05, 4.69) is 10.1 Å². The molecule has 0 saturated heterocycles. The minimum atomic E-state index is -0.409. The molecule has 0 bridgehead atoms. The Morgan fingerprint density at radius 2 is 1.95 bits per heavy atom. The number of hydrogen-bond donors (Lipinski definition) is 1. The van der Waals surface area contributed by atoms with E-state index in [9.17, 15) is 5.11 Å². The van der Waals surface area contributed by atoms with Gasteiger partial charge in [-0.05, 0) is 18.6 Å². The summed E-state index contributed by atoms with van der Waals surface area (Å²) in [6, 6.07) is 11.7. The van der Waals surface area contributed by atoms with Gasteiger partial charge >= 0.3 is 0 Å². The van der Waals surface area contributed by atoms with Gasteiger partial charge in [0, 0.05) is 11.1 Å². The van der Waals surface area contributed by atoms with Crippen molar-refractivity contribution in [3.8, 4) is 22.7 Å². The molecule has 21 heavy (non-hydrogen) atoms. The summed E-state index contributed by atoms with van der Waals surface area (Å²) >= 11 is 0. The van der Waals surface area contributed by atoms with E-state index in [-0.39, 0.29) is 0 Å². The highest BCUT2D eigenvalue weighted by Gasteiger charge is 2.11. The van der Waals surface area contributed by atoms with Crippen LogP contribution >= 0.6 is 0 Å². The fourth-order valence-electron chi connectivity index (χ4n) is 2.18. The lowest BCUT2D eigenvalue weighted by atomic mass is 10.1. The highest BCUT2D eigenvalue weighted by atomic mass is 16.3. The third kappa shape index (κ3) is 2.87. The first kappa shape index (κ1) is 13.6. The zero-order chi connectivity index (χ0) is 14.7. The topological polar surface area (TPSA) is 64.1 Å². The Morgan fingerprint density at radius 1 is 1.19 bits per heavy atom. The molecule has 0 aliphatic rings. The summed E-state index contributed by atoms with van der Waals surface area (Å²) in [5.41, 5.74) is 1.98. The van der Waals surface area contributed by atoms with Crippen LogP contribution in [0.5, 0.6) is 0 Å². The van der Waals surface area contributed by atoms with Gasteiger partial charge in [0.2, 0.25) is 0 Å². The van der Waals surface area contributed by atoms with Crippen molar-refractivity contribution in [2.75, 3.05) is 0 Å². The number of hydrogen-bond acceptors (Lipinski definition) is 4. The lowest BCUT2D eigenvalue weighted by Gasteiger charge is -2.10. The molecule has 0 saturated carbocycles. The molecule has 0 amide bonds. The Labute approximate surface area is 122 Å². The number of furan rings is 1. The van der Waals surface area contributed by atoms with Crippen LogP contribution in [0.25, 0.3) is 22.7 Å². The molecule has 108 valence electrons. The summed E-state index contributed by atoms with van der Waals surface area (Å²) in [6.07, 6.45) is 3.45. The summed E-state index contributed by atoms with van der Waals surface area (Å²) in [4.78, 5) is 4.28. The first-order chi connectivity index (χ1) is 10.3. The molecule has 3 rings (SSSR count). The number of nitrogens with zero attached hydrogens (tertiary/aromatic N) is 3. The first-order valence-corrected chi connectivity index (χ1v) is 6.98. The fraction of sp³-hybridized carbons (Fsp3) is 0.250. The van der Waals surface area contributed by atoms with Gasteiger partial charge in [-0.3, -0.25) is 0 Å². The summed E-state index contributed by atoms with van der Waals surface area (Å²) in [6.45, 7) is 2.39. The summed E-state index contributed by atoms with van der Waals surface area (Å²) < 4.78 is 7.11. The zero-order valence-corrected chi connectivity index (χ0v) is 11.8. The number of aromatic nitrogens is 3. The smallest absolute Gasteiger partial charge is 0.158 e. The normalized spacial score (nSPS) is 12.5. The van der Waals surface area contributed by atoms with Crippen LogP contribution in [0.2, 0.25) is 0 Å². The molecule has 0 aliphatic carbocycles. The van der Waals surface area contributed by atoms with E-state index in [0.717, 1.165) is 22.7 Å². The third-order valence-electron chi connectivity index (χ3n) is 3.42. The number of aliphatic hydroxyl groups excluding tert-OH is 1. The average molecular weight is 283 g/mol. The largest absolute Gasteiger partial charge is 0.464 e.